The van der Waals surface area contributed by atoms with Gasteiger partial charge in [0.15, 0.2) is 0 Å². The van der Waals surface area contributed by atoms with Gasteiger partial charge in [-0.25, -0.2) is 8.42 Å². The molecule has 0 aromatic heterocycles. The summed E-state index contributed by atoms with van der Waals surface area (Å²) in [7, 11) is -3.51. The molecule has 0 fully saturated rings. The van der Waals surface area contributed by atoms with E-state index in [2.05, 4.69) is 0 Å². The Morgan fingerprint density at radius 3 is 1.70 bits per heavy atom. The van der Waals surface area contributed by atoms with Crippen molar-refractivity contribution in [3.8, 4) is 11.5 Å². The summed E-state index contributed by atoms with van der Waals surface area (Å²) in [6, 6.07) is 21.7. The van der Waals surface area contributed by atoms with Crippen molar-refractivity contribution in [2.75, 3.05) is 5.73 Å². The smallest absolute Gasteiger partial charge is 0.206 e. The maximum absolute atomic E-state index is 12.5. The van der Waals surface area contributed by atoms with Gasteiger partial charge in [-0.3, -0.25) is 0 Å². The zero-order valence-electron chi connectivity index (χ0n) is 12.2. The molecule has 3 aromatic rings. The van der Waals surface area contributed by atoms with E-state index in [0.29, 0.717) is 17.2 Å². The largest absolute Gasteiger partial charge is 0.457 e. The van der Waals surface area contributed by atoms with Crippen molar-refractivity contribution in [1.82, 2.24) is 0 Å². The Labute approximate surface area is 135 Å². The van der Waals surface area contributed by atoms with Gasteiger partial charge in [0.25, 0.3) is 0 Å². The second kappa shape index (κ2) is 6.14. The molecule has 4 nitrogen and oxygen atoms in total. The van der Waals surface area contributed by atoms with Crippen LogP contribution in [0.1, 0.15) is 0 Å². The van der Waals surface area contributed by atoms with Crippen molar-refractivity contribution in [1.29, 1.82) is 0 Å². The molecule has 0 aliphatic heterocycles. The first kappa shape index (κ1) is 15.1. The molecule has 0 radical (unpaired) electrons. The van der Waals surface area contributed by atoms with Crippen molar-refractivity contribution in [2.24, 2.45) is 0 Å². The van der Waals surface area contributed by atoms with Crippen molar-refractivity contribution < 1.29 is 13.2 Å². The highest BCUT2D eigenvalue weighted by atomic mass is 32.2. The Morgan fingerprint density at radius 1 is 0.652 bits per heavy atom. The van der Waals surface area contributed by atoms with Crippen LogP contribution in [0.5, 0.6) is 11.5 Å². The molecule has 0 aliphatic rings. The number of ether oxygens (including phenoxy) is 1. The summed E-state index contributed by atoms with van der Waals surface area (Å²) in [4.78, 5) is 0.501. The summed E-state index contributed by atoms with van der Waals surface area (Å²) < 4.78 is 30.6. The zero-order valence-corrected chi connectivity index (χ0v) is 13.0. The fourth-order valence-electron chi connectivity index (χ4n) is 2.09. The second-order valence-electron chi connectivity index (χ2n) is 4.96. The van der Waals surface area contributed by atoms with E-state index in [1.54, 1.807) is 66.7 Å². The van der Waals surface area contributed by atoms with E-state index < -0.39 is 9.84 Å². The summed E-state index contributed by atoms with van der Waals surface area (Å²) in [5, 5.41) is 0. The van der Waals surface area contributed by atoms with Crippen molar-refractivity contribution >= 4 is 15.5 Å². The van der Waals surface area contributed by atoms with E-state index in [0.717, 1.165) is 0 Å². The fourth-order valence-corrected chi connectivity index (χ4v) is 3.38. The minimum atomic E-state index is -3.51. The highest BCUT2D eigenvalue weighted by Gasteiger charge is 2.16. The maximum atomic E-state index is 12.5. The Balaban J connectivity index is 1.83. The Kier molecular flexibility index (Phi) is 4.04. The van der Waals surface area contributed by atoms with E-state index in [1.165, 1.54) is 12.1 Å². The van der Waals surface area contributed by atoms with E-state index >= 15 is 0 Å². The van der Waals surface area contributed by atoms with Crippen molar-refractivity contribution in [2.45, 2.75) is 9.79 Å². The molecule has 0 spiro atoms. The topological polar surface area (TPSA) is 69.4 Å². The highest BCUT2D eigenvalue weighted by Crippen LogP contribution is 2.26. The van der Waals surface area contributed by atoms with Gasteiger partial charge in [0, 0.05) is 5.69 Å². The molecule has 3 aromatic carbocycles. The summed E-state index contributed by atoms with van der Waals surface area (Å²) in [5.41, 5.74) is 6.28. The van der Waals surface area contributed by atoms with Crippen LogP contribution in [-0.4, -0.2) is 8.42 Å². The van der Waals surface area contributed by atoms with Crippen LogP contribution in [-0.2, 0) is 9.84 Å². The third-order valence-electron chi connectivity index (χ3n) is 3.30. The average Bonchev–Trinajstić information content (AvgIpc) is 2.58. The van der Waals surface area contributed by atoms with Gasteiger partial charge in [-0.2, -0.15) is 0 Å². The summed E-state index contributed by atoms with van der Waals surface area (Å²) in [6.07, 6.45) is 0. The van der Waals surface area contributed by atoms with Gasteiger partial charge in [-0.05, 0) is 60.7 Å². The lowest BCUT2D eigenvalue weighted by molar-refractivity contribution is 0.482. The number of nitrogens with two attached hydrogens (primary N) is 1. The van der Waals surface area contributed by atoms with Crippen LogP contribution in [0.3, 0.4) is 0 Å². The van der Waals surface area contributed by atoms with Gasteiger partial charge >= 0.3 is 0 Å². The predicted molar refractivity (Wildman–Crippen MR) is 89.3 cm³/mol. The van der Waals surface area contributed by atoms with E-state index in [1.807, 2.05) is 0 Å². The monoisotopic (exact) mass is 325 g/mol. The van der Waals surface area contributed by atoms with Gasteiger partial charge in [0.05, 0.1) is 9.79 Å². The molecule has 2 N–H and O–H groups in total. The van der Waals surface area contributed by atoms with Crippen LogP contribution in [0.4, 0.5) is 5.69 Å². The molecular weight excluding hydrogens is 310 g/mol. The van der Waals surface area contributed by atoms with Crippen LogP contribution in [0.15, 0.2) is 88.7 Å². The molecule has 23 heavy (non-hydrogen) atoms. The molecule has 3 rings (SSSR count). The third kappa shape index (κ3) is 3.35. The second-order valence-corrected chi connectivity index (χ2v) is 6.91. The molecule has 5 heteroatoms. The summed E-state index contributed by atoms with van der Waals surface area (Å²) >= 11 is 0. The molecule has 116 valence electrons. The van der Waals surface area contributed by atoms with Gasteiger partial charge < -0.3 is 10.5 Å². The molecule has 0 bridgehead atoms. The van der Waals surface area contributed by atoms with Crippen LogP contribution < -0.4 is 10.5 Å². The Bertz CT molecular complexity index is 887. The molecule has 0 atom stereocenters. The lowest BCUT2D eigenvalue weighted by Gasteiger charge is -2.08. The van der Waals surface area contributed by atoms with Crippen molar-refractivity contribution in [3.05, 3.63) is 78.9 Å². The van der Waals surface area contributed by atoms with E-state index in [4.69, 9.17) is 10.5 Å². The van der Waals surface area contributed by atoms with Crippen LogP contribution >= 0.6 is 0 Å². The molecule has 0 aliphatic carbocycles. The predicted octanol–water partition coefficient (Wildman–Crippen LogP) is 3.89. The fraction of sp³-hybridized carbons (Fsp3) is 0. The number of rotatable bonds is 4. The lowest BCUT2D eigenvalue weighted by Crippen LogP contribution is -2.01. The van der Waals surface area contributed by atoms with Crippen LogP contribution in [0.2, 0.25) is 0 Å². The number of nitrogen functional groups attached to an aromatic ring is 1. The molecule has 0 heterocycles. The number of hydrogen-bond acceptors (Lipinski definition) is 4. The van der Waals surface area contributed by atoms with Gasteiger partial charge in [-0.15, -0.1) is 0 Å². The molecule has 0 amide bonds. The minimum absolute atomic E-state index is 0.230. The summed E-state index contributed by atoms with van der Waals surface area (Å²) in [6.45, 7) is 0. The third-order valence-corrected chi connectivity index (χ3v) is 5.09. The Hall–Kier alpha value is -2.79. The van der Waals surface area contributed by atoms with Gasteiger partial charge in [0.2, 0.25) is 9.84 Å². The van der Waals surface area contributed by atoms with Crippen molar-refractivity contribution in [3.63, 3.8) is 0 Å². The first-order valence-electron chi connectivity index (χ1n) is 6.99. The first-order chi connectivity index (χ1) is 11.1. The van der Waals surface area contributed by atoms with E-state index in [9.17, 15) is 8.42 Å². The Morgan fingerprint density at radius 2 is 1.13 bits per heavy atom. The molecule has 0 saturated carbocycles. The van der Waals surface area contributed by atoms with Crippen LogP contribution in [0.25, 0.3) is 0 Å². The molecule has 0 unspecified atom stereocenters. The molecular formula is C18H15NO3S. The standard InChI is InChI=1S/C18H15NO3S/c19-14-6-8-15(9-7-14)22-16-10-12-18(13-11-16)23(20,21)17-4-2-1-3-5-17/h1-13H,19H2. The SMILES string of the molecule is Nc1ccc(Oc2ccc(S(=O)(=O)c3ccccc3)cc2)cc1. The number of hydrogen-bond donors (Lipinski definition) is 1. The number of sulfone groups is 1. The summed E-state index contributed by atoms with van der Waals surface area (Å²) in [5.74, 6) is 1.19. The number of anilines is 1. The van der Waals surface area contributed by atoms with Crippen LogP contribution in [0, 0.1) is 0 Å². The normalized spacial score (nSPS) is 11.1. The number of benzene rings is 3. The quantitative estimate of drug-likeness (QED) is 0.739. The first-order valence-corrected chi connectivity index (χ1v) is 8.48. The van der Waals surface area contributed by atoms with E-state index in [-0.39, 0.29) is 9.79 Å². The minimum Gasteiger partial charge on any atom is -0.457 e. The highest BCUT2D eigenvalue weighted by molar-refractivity contribution is 7.91. The van der Waals surface area contributed by atoms with Gasteiger partial charge in [-0.1, -0.05) is 18.2 Å². The molecule has 0 saturated heterocycles. The zero-order chi connectivity index (χ0) is 16.3. The van der Waals surface area contributed by atoms with Gasteiger partial charge in [0.1, 0.15) is 11.5 Å². The maximum Gasteiger partial charge on any atom is 0.206 e. The average molecular weight is 325 g/mol. The lowest BCUT2D eigenvalue weighted by atomic mass is 10.3.